The van der Waals surface area contributed by atoms with E-state index in [-0.39, 0.29) is 17.9 Å². The van der Waals surface area contributed by atoms with Crippen LogP contribution in [-0.4, -0.2) is 55.4 Å². The molecule has 7 nitrogen and oxygen atoms in total. The zero-order chi connectivity index (χ0) is 22.1. The largest absolute Gasteiger partial charge is 0.462 e. The Labute approximate surface area is 177 Å². The summed E-state index contributed by atoms with van der Waals surface area (Å²) in [6.07, 6.45) is 0.791. The van der Waals surface area contributed by atoms with Gasteiger partial charge >= 0.3 is 5.97 Å². The third kappa shape index (κ3) is 5.57. The second-order valence-electron chi connectivity index (χ2n) is 7.11. The summed E-state index contributed by atoms with van der Waals surface area (Å²) in [7, 11) is 0. The van der Waals surface area contributed by atoms with E-state index in [4.69, 9.17) is 4.74 Å². The molecule has 0 atom stereocenters. The molecule has 0 bridgehead atoms. The molecule has 2 aromatic rings. The van der Waals surface area contributed by atoms with Gasteiger partial charge in [-0.15, -0.1) is 0 Å². The Hall–Kier alpha value is -2.93. The van der Waals surface area contributed by atoms with Crippen molar-refractivity contribution in [1.82, 2.24) is 10.3 Å². The van der Waals surface area contributed by atoms with Crippen molar-refractivity contribution in [3.05, 3.63) is 47.3 Å². The van der Waals surface area contributed by atoms with Crippen LogP contribution in [0.5, 0.6) is 0 Å². The molecule has 0 unspecified atom stereocenters. The van der Waals surface area contributed by atoms with Gasteiger partial charge < -0.3 is 19.9 Å². The monoisotopic (exact) mass is 414 g/mol. The number of rotatable bonds is 11. The number of H-pyrrole nitrogens is 1. The van der Waals surface area contributed by atoms with Gasteiger partial charge in [-0.05, 0) is 33.3 Å². The Balaban J connectivity index is 2.25. The first-order valence-electron chi connectivity index (χ1n) is 10.6. The Morgan fingerprint density at radius 3 is 2.33 bits per heavy atom. The molecule has 1 heterocycles. The molecule has 1 aromatic carbocycles. The van der Waals surface area contributed by atoms with Gasteiger partial charge in [-0.1, -0.05) is 30.3 Å². The third-order valence-electron chi connectivity index (χ3n) is 5.16. The van der Waals surface area contributed by atoms with Gasteiger partial charge in [-0.3, -0.25) is 9.59 Å². The van der Waals surface area contributed by atoms with Crippen molar-refractivity contribution in [3.8, 4) is 11.1 Å². The van der Waals surface area contributed by atoms with E-state index in [1.807, 2.05) is 18.2 Å². The first kappa shape index (κ1) is 23.3. The molecule has 162 valence electrons. The van der Waals surface area contributed by atoms with Gasteiger partial charge in [-0.2, -0.15) is 0 Å². The fourth-order valence-corrected chi connectivity index (χ4v) is 3.48. The number of nitrogens with one attached hydrogen (secondary N) is 3. The van der Waals surface area contributed by atoms with E-state index in [2.05, 4.69) is 24.1 Å². The molecule has 3 N–H and O–H groups in total. The standard InChI is InChI=1S/C23H31N3O4/c1-5-26(6-2)15-11-14-24-22(28)21(27)20-19(17-12-9-8-10-13-17)18(16(4)25-20)23(29)30-7-3/h8-10,12-13,25H,5-7,11,14-15H2,1-4H3,(H,24,28)/p+1. The van der Waals surface area contributed by atoms with Crippen LogP contribution in [0.2, 0.25) is 0 Å². The number of benzene rings is 1. The lowest BCUT2D eigenvalue weighted by Gasteiger charge is -2.15. The highest BCUT2D eigenvalue weighted by Crippen LogP contribution is 2.31. The molecule has 0 radical (unpaired) electrons. The Morgan fingerprint density at radius 2 is 1.73 bits per heavy atom. The number of esters is 1. The first-order chi connectivity index (χ1) is 14.4. The van der Waals surface area contributed by atoms with Crippen molar-refractivity contribution in [1.29, 1.82) is 0 Å². The van der Waals surface area contributed by atoms with Gasteiger partial charge in [0.05, 0.1) is 31.8 Å². The molecule has 0 fully saturated rings. The zero-order valence-corrected chi connectivity index (χ0v) is 18.3. The van der Waals surface area contributed by atoms with E-state index in [1.54, 1.807) is 26.0 Å². The van der Waals surface area contributed by atoms with Crippen LogP contribution in [-0.2, 0) is 9.53 Å². The number of aromatic nitrogens is 1. The van der Waals surface area contributed by atoms with Crippen molar-refractivity contribution in [2.24, 2.45) is 0 Å². The van der Waals surface area contributed by atoms with E-state index < -0.39 is 17.7 Å². The van der Waals surface area contributed by atoms with E-state index in [0.717, 1.165) is 26.1 Å². The van der Waals surface area contributed by atoms with Crippen LogP contribution >= 0.6 is 0 Å². The summed E-state index contributed by atoms with van der Waals surface area (Å²) in [5, 5.41) is 2.71. The summed E-state index contributed by atoms with van der Waals surface area (Å²) in [4.78, 5) is 42.4. The average molecular weight is 415 g/mol. The molecule has 0 aliphatic carbocycles. The number of ketones is 1. The molecule has 0 saturated heterocycles. The van der Waals surface area contributed by atoms with Crippen LogP contribution in [0.4, 0.5) is 0 Å². The number of Topliss-reactive ketones (excluding diaryl/α,β-unsaturated/α-hetero) is 1. The highest BCUT2D eigenvalue weighted by molar-refractivity contribution is 6.43. The summed E-state index contributed by atoms with van der Waals surface area (Å²) in [6.45, 7) is 11.3. The number of carbonyl (C=O) groups excluding carboxylic acids is 3. The van der Waals surface area contributed by atoms with Crippen molar-refractivity contribution in [3.63, 3.8) is 0 Å². The van der Waals surface area contributed by atoms with Crippen molar-refractivity contribution in [2.75, 3.05) is 32.8 Å². The summed E-state index contributed by atoms with van der Waals surface area (Å²) < 4.78 is 5.17. The predicted molar refractivity (Wildman–Crippen MR) is 116 cm³/mol. The summed E-state index contributed by atoms with van der Waals surface area (Å²) in [5.41, 5.74) is 1.96. The molecular weight excluding hydrogens is 382 g/mol. The Morgan fingerprint density at radius 1 is 1.07 bits per heavy atom. The van der Waals surface area contributed by atoms with Gasteiger partial charge in [0, 0.05) is 24.2 Å². The molecule has 0 saturated carbocycles. The molecular formula is C23H32N3O4+. The number of amides is 1. The smallest absolute Gasteiger partial charge is 0.340 e. The van der Waals surface area contributed by atoms with Gasteiger partial charge in [0.2, 0.25) is 0 Å². The number of aryl methyl sites for hydroxylation is 1. The maximum absolute atomic E-state index is 12.9. The second kappa shape index (κ2) is 11.3. The number of hydrogen-bond acceptors (Lipinski definition) is 4. The van der Waals surface area contributed by atoms with Crippen molar-refractivity contribution >= 4 is 17.7 Å². The van der Waals surface area contributed by atoms with Gasteiger partial charge in [0.1, 0.15) is 5.69 Å². The SMILES string of the molecule is CCOC(=O)c1c(C)[nH]c(C(=O)C(=O)NCCC[NH+](CC)CC)c1-c1ccccc1. The summed E-state index contributed by atoms with van der Waals surface area (Å²) >= 11 is 0. The van der Waals surface area contributed by atoms with Gasteiger partial charge in [0.25, 0.3) is 11.7 Å². The lowest BCUT2D eigenvalue weighted by Crippen LogP contribution is -3.11. The van der Waals surface area contributed by atoms with E-state index in [0.29, 0.717) is 23.4 Å². The van der Waals surface area contributed by atoms with Crippen LogP contribution < -0.4 is 10.2 Å². The minimum absolute atomic E-state index is 0.105. The zero-order valence-electron chi connectivity index (χ0n) is 18.3. The normalized spacial score (nSPS) is 10.8. The fourth-order valence-electron chi connectivity index (χ4n) is 3.48. The lowest BCUT2D eigenvalue weighted by molar-refractivity contribution is -0.896. The minimum atomic E-state index is -0.692. The maximum Gasteiger partial charge on any atom is 0.340 e. The van der Waals surface area contributed by atoms with Crippen LogP contribution in [0.25, 0.3) is 11.1 Å². The van der Waals surface area contributed by atoms with E-state index >= 15 is 0 Å². The van der Waals surface area contributed by atoms with Crippen LogP contribution in [0.3, 0.4) is 0 Å². The minimum Gasteiger partial charge on any atom is -0.462 e. The fraction of sp³-hybridized carbons (Fsp3) is 0.435. The quantitative estimate of drug-likeness (QED) is 0.226. The second-order valence-corrected chi connectivity index (χ2v) is 7.11. The molecule has 0 aliphatic heterocycles. The predicted octanol–water partition coefficient (Wildman–Crippen LogP) is 1.78. The van der Waals surface area contributed by atoms with Crippen molar-refractivity contribution in [2.45, 2.75) is 34.1 Å². The van der Waals surface area contributed by atoms with Crippen LogP contribution in [0.1, 0.15) is 53.7 Å². The Kier molecular flexibility index (Phi) is 8.80. The highest BCUT2D eigenvalue weighted by Gasteiger charge is 2.29. The van der Waals surface area contributed by atoms with Gasteiger partial charge in [-0.25, -0.2) is 4.79 Å². The molecule has 1 amide bonds. The number of ether oxygens (including phenoxy) is 1. The molecule has 2 rings (SSSR count). The number of hydrogen-bond donors (Lipinski definition) is 3. The average Bonchev–Trinajstić information content (AvgIpc) is 3.11. The van der Waals surface area contributed by atoms with Crippen LogP contribution in [0, 0.1) is 6.92 Å². The van der Waals surface area contributed by atoms with Crippen LogP contribution in [0.15, 0.2) is 30.3 Å². The highest BCUT2D eigenvalue weighted by atomic mass is 16.5. The number of aromatic amines is 1. The molecule has 30 heavy (non-hydrogen) atoms. The summed E-state index contributed by atoms with van der Waals surface area (Å²) in [6, 6.07) is 9.08. The molecule has 0 spiro atoms. The lowest BCUT2D eigenvalue weighted by atomic mass is 9.98. The van der Waals surface area contributed by atoms with E-state index in [1.165, 1.54) is 4.90 Å². The summed E-state index contributed by atoms with van der Waals surface area (Å²) in [5.74, 6) is -1.90. The third-order valence-corrected chi connectivity index (χ3v) is 5.16. The molecule has 0 aliphatic rings. The number of quaternary nitrogens is 1. The number of carbonyl (C=O) groups is 3. The topological polar surface area (TPSA) is 92.7 Å². The maximum atomic E-state index is 12.9. The molecule has 7 heteroatoms. The Bertz CT molecular complexity index is 870. The van der Waals surface area contributed by atoms with Crippen molar-refractivity contribution < 1.29 is 24.0 Å². The first-order valence-corrected chi connectivity index (χ1v) is 10.6. The van der Waals surface area contributed by atoms with E-state index in [9.17, 15) is 14.4 Å². The van der Waals surface area contributed by atoms with Gasteiger partial charge in [0.15, 0.2) is 0 Å². The molecule has 1 aromatic heterocycles.